The van der Waals surface area contributed by atoms with Gasteiger partial charge in [0.15, 0.2) is 0 Å². The average Bonchev–Trinajstić information content (AvgIpc) is 2.31. The Hall–Kier alpha value is -1.30. The average molecular weight is 291 g/mol. The quantitative estimate of drug-likeness (QED) is 0.794. The Morgan fingerprint density at radius 2 is 1.89 bits per heavy atom. The predicted octanol–water partition coefficient (Wildman–Crippen LogP) is 2.37. The molecule has 1 aromatic carbocycles. The number of nitrogens with one attached hydrogen (secondary N) is 1. The number of carbonyl (C=O) groups is 2. The third-order valence-corrected chi connectivity index (χ3v) is 2.91. The maximum atomic E-state index is 11.6. The molecule has 0 saturated heterocycles. The minimum absolute atomic E-state index is 0.0524. The van der Waals surface area contributed by atoms with Gasteiger partial charge in [0.1, 0.15) is 0 Å². The van der Waals surface area contributed by atoms with Gasteiger partial charge < -0.3 is 16.2 Å². The van der Waals surface area contributed by atoms with E-state index < -0.39 is 17.9 Å². The number of aromatic carboxylic acids is 1. The summed E-state index contributed by atoms with van der Waals surface area (Å²) in [4.78, 5) is 22.4. The highest BCUT2D eigenvalue weighted by atomic mass is 35.5. The lowest BCUT2D eigenvalue weighted by Crippen LogP contribution is -2.35. The Labute approximate surface area is 114 Å². The molecule has 0 unspecified atom stereocenters. The van der Waals surface area contributed by atoms with Gasteiger partial charge in [-0.2, -0.15) is 0 Å². The zero-order chi connectivity index (χ0) is 13.9. The summed E-state index contributed by atoms with van der Waals surface area (Å²) in [5, 5.41) is 11.4. The van der Waals surface area contributed by atoms with Gasteiger partial charge in [-0.25, -0.2) is 4.79 Å². The van der Waals surface area contributed by atoms with Crippen molar-refractivity contribution in [2.75, 3.05) is 5.32 Å². The van der Waals surface area contributed by atoms with Crippen molar-refractivity contribution in [2.24, 2.45) is 5.73 Å². The number of carboxylic acid groups (broad SMARTS) is 1. The monoisotopic (exact) mass is 290 g/mol. The highest BCUT2D eigenvalue weighted by molar-refractivity contribution is 6.40. The lowest BCUT2D eigenvalue weighted by Gasteiger charge is -2.13. The van der Waals surface area contributed by atoms with Crippen molar-refractivity contribution in [3.8, 4) is 0 Å². The number of nitrogens with two attached hydrogens (primary N) is 1. The first-order valence-corrected chi connectivity index (χ1v) is 5.91. The van der Waals surface area contributed by atoms with E-state index in [0.717, 1.165) is 0 Å². The van der Waals surface area contributed by atoms with Crippen molar-refractivity contribution in [3.05, 3.63) is 27.7 Å². The van der Waals surface area contributed by atoms with E-state index in [1.165, 1.54) is 12.1 Å². The zero-order valence-corrected chi connectivity index (χ0v) is 11.0. The van der Waals surface area contributed by atoms with Gasteiger partial charge in [0.25, 0.3) is 0 Å². The molecular formula is C11H12Cl2N2O3. The highest BCUT2D eigenvalue weighted by Gasteiger charge is 2.17. The smallest absolute Gasteiger partial charge is 0.335 e. The van der Waals surface area contributed by atoms with Crippen LogP contribution in [-0.2, 0) is 4.79 Å². The van der Waals surface area contributed by atoms with Crippen LogP contribution in [0.2, 0.25) is 10.0 Å². The normalized spacial score (nSPS) is 12.0. The van der Waals surface area contributed by atoms with Crippen molar-refractivity contribution in [2.45, 2.75) is 19.4 Å². The first-order valence-electron chi connectivity index (χ1n) is 5.15. The first kappa shape index (κ1) is 14.8. The second kappa shape index (κ2) is 6.04. The molecule has 0 spiro atoms. The number of rotatable bonds is 4. The number of anilines is 1. The topological polar surface area (TPSA) is 92.4 Å². The number of amides is 1. The molecule has 5 nitrogen and oxygen atoms in total. The van der Waals surface area contributed by atoms with Crippen LogP contribution in [0.25, 0.3) is 0 Å². The van der Waals surface area contributed by atoms with Gasteiger partial charge in [0, 0.05) is 0 Å². The molecule has 0 radical (unpaired) electrons. The van der Waals surface area contributed by atoms with Crippen LogP contribution in [0.3, 0.4) is 0 Å². The van der Waals surface area contributed by atoms with Gasteiger partial charge in [0.2, 0.25) is 5.91 Å². The number of halogens is 2. The summed E-state index contributed by atoms with van der Waals surface area (Å²) >= 11 is 11.7. The van der Waals surface area contributed by atoms with Crippen LogP contribution in [0.4, 0.5) is 5.69 Å². The lowest BCUT2D eigenvalue weighted by molar-refractivity contribution is -0.117. The molecule has 0 aromatic heterocycles. The van der Waals surface area contributed by atoms with Crippen LogP contribution in [0.15, 0.2) is 12.1 Å². The third kappa shape index (κ3) is 3.35. The van der Waals surface area contributed by atoms with E-state index in [0.29, 0.717) is 6.42 Å². The summed E-state index contributed by atoms with van der Waals surface area (Å²) in [6.07, 6.45) is 0.467. The van der Waals surface area contributed by atoms with E-state index in [-0.39, 0.29) is 21.3 Å². The molecule has 1 amide bonds. The fraction of sp³-hybridized carbons (Fsp3) is 0.273. The second-order valence-corrected chi connectivity index (χ2v) is 4.44. The molecule has 0 saturated carbocycles. The molecule has 4 N–H and O–H groups in total. The molecule has 0 aliphatic carbocycles. The van der Waals surface area contributed by atoms with Crippen LogP contribution in [0, 0.1) is 0 Å². The Balaban J connectivity index is 3.04. The van der Waals surface area contributed by atoms with Gasteiger partial charge in [-0.3, -0.25) is 4.79 Å². The number of benzene rings is 1. The number of hydrogen-bond acceptors (Lipinski definition) is 3. The molecular weight excluding hydrogens is 279 g/mol. The van der Waals surface area contributed by atoms with E-state index in [9.17, 15) is 9.59 Å². The van der Waals surface area contributed by atoms with Crippen molar-refractivity contribution in [1.29, 1.82) is 0 Å². The van der Waals surface area contributed by atoms with E-state index in [1.807, 2.05) is 0 Å². The molecule has 0 aliphatic heterocycles. The third-order valence-electron chi connectivity index (χ3n) is 2.31. The van der Waals surface area contributed by atoms with E-state index in [2.05, 4.69) is 5.32 Å². The summed E-state index contributed by atoms with van der Waals surface area (Å²) in [5.74, 6) is -1.58. The van der Waals surface area contributed by atoms with Gasteiger partial charge in [-0.15, -0.1) is 0 Å². The minimum Gasteiger partial charge on any atom is -0.478 e. The molecule has 1 atom stereocenters. The first-order chi connectivity index (χ1) is 8.36. The molecule has 0 bridgehead atoms. The minimum atomic E-state index is -1.15. The molecule has 0 aliphatic rings. The molecule has 18 heavy (non-hydrogen) atoms. The van der Waals surface area contributed by atoms with Crippen LogP contribution in [-0.4, -0.2) is 23.0 Å². The van der Waals surface area contributed by atoms with Gasteiger partial charge in [0.05, 0.1) is 27.3 Å². The lowest BCUT2D eigenvalue weighted by atomic mass is 10.2. The van der Waals surface area contributed by atoms with E-state index >= 15 is 0 Å². The van der Waals surface area contributed by atoms with Crippen molar-refractivity contribution in [1.82, 2.24) is 0 Å². The number of carboxylic acids is 1. The Morgan fingerprint density at radius 1 is 1.39 bits per heavy atom. The molecule has 1 rings (SSSR count). The van der Waals surface area contributed by atoms with Gasteiger partial charge in [-0.05, 0) is 18.6 Å². The van der Waals surface area contributed by atoms with Crippen LogP contribution in [0.1, 0.15) is 23.7 Å². The summed E-state index contributed by atoms with van der Waals surface area (Å²) < 4.78 is 0. The molecule has 98 valence electrons. The highest BCUT2D eigenvalue weighted by Crippen LogP contribution is 2.32. The fourth-order valence-corrected chi connectivity index (χ4v) is 1.80. The largest absolute Gasteiger partial charge is 0.478 e. The van der Waals surface area contributed by atoms with Gasteiger partial charge in [-0.1, -0.05) is 30.1 Å². The van der Waals surface area contributed by atoms with Crippen LogP contribution in [0.5, 0.6) is 0 Å². The fourth-order valence-electron chi connectivity index (χ4n) is 1.22. The number of hydrogen-bond donors (Lipinski definition) is 3. The molecule has 1 aromatic rings. The maximum absolute atomic E-state index is 11.6. The number of carbonyl (C=O) groups excluding carboxylic acids is 1. The predicted molar refractivity (Wildman–Crippen MR) is 70.3 cm³/mol. The maximum Gasteiger partial charge on any atom is 0.335 e. The zero-order valence-electron chi connectivity index (χ0n) is 9.54. The second-order valence-electron chi connectivity index (χ2n) is 3.62. The van der Waals surface area contributed by atoms with E-state index in [4.69, 9.17) is 34.0 Å². The van der Waals surface area contributed by atoms with Crippen molar-refractivity contribution in [3.63, 3.8) is 0 Å². The SMILES string of the molecule is CC[C@H](N)C(=O)Nc1c(Cl)cc(C(=O)O)cc1Cl. The summed E-state index contributed by atoms with van der Waals surface area (Å²) in [6, 6.07) is 1.75. The molecule has 0 fully saturated rings. The Bertz CT molecular complexity index is 468. The Kier molecular flexibility index (Phi) is 4.95. The summed E-state index contributed by atoms with van der Waals surface area (Å²) in [5.41, 5.74) is 5.66. The van der Waals surface area contributed by atoms with Gasteiger partial charge >= 0.3 is 5.97 Å². The van der Waals surface area contributed by atoms with Crippen molar-refractivity contribution < 1.29 is 14.7 Å². The van der Waals surface area contributed by atoms with Crippen LogP contribution >= 0.6 is 23.2 Å². The molecule has 7 heteroatoms. The standard InChI is InChI=1S/C11H12Cl2N2O3/c1-2-8(14)10(16)15-9-6(12)3-5(11(17)18)4-7(9)13/h3-4,8H,2,14H2,1H3,(H,15,16)(H,17,18)/t8-/m0/s1. The van der Waals surface area contributed by atoms with E-state index in [1.54, 1.807) is 6.92 Å². The Morgan fingerprint density at radius 3 is 2.28 bits per heavy atom. The van der Waals surface area contributed by atoms with Crippen molar-refractivity contribution >= 4 is 40.8 Å². The molecule has 0 heterocycles. The summed E-state index contributed by atoms with van der Waals surface area (Å²) in [7, 11) is 0. The summed E-state index contributed by atoms with van der Waals surface area (Å²) in [6.45, 7) is 1.76. The van der Waals surface area contributed by atoms with Crippen LogP contribution < -0.4 is 11.1 Å².